The Labute approximate surface area is 144 Å². The molecule has 1 aromatic heterocycles. The average Bonchev–Trinajstić information content (AvgIpc) is 3.00. The van der Waals surface area contributed by atoms with Gasteiger partial charge in [0.25, 0.3) is 5.89 Å². The van der Waals surface area contributed by atoms with Gasteiger partial charge >= 0.3 is 5.97 Å². The first-order valence-corrected chi connectivity index (χ1v) is 7.74. The molecule has 2 aromatic carbocycles. The molecule has 1 N–H and O–H groups in total. The fraction of sp³-hybridized carbons (Fsp3) is 0.211. The second kappa shape index (κ2) is 6.12. The van der Waals surface area contributed by atoms with Crippen molar-refractivity contribution in [3.05, 3.63) is 57.9 Å². The molecule has 5 nitrogen and oxygen atoms in total. The van der Waals surface area contributed by atoms with Crippen LogP contribution in [-0.4, -0.2) is 21.2 Å². The summed E-state index contributed by atoms with van der Waals surface area (Å²) < 4.78 is 19.6. The highest BCUT2D eigenvalue weighted by Crippen LogP contribution is 2.30. The number of benzene rings is 2. The van der Waals surface area contributed by atoms with Crippen LogP contribution in [-0.2, 0) is 0 Å². The predicted molar refractivity (Wildman–Crippen MR) is 91.0 cm³/mol. The molecule has 0 saturated carbocycles. The molecular weight excluding hydrogens is 323 g/mol. The van der Waals surface area contributed by atoms with Crippen molar-refractivity contribution < 1.29 is 18.8 Å². The molecule has 25 heavy (non-hydrogen) atoms. The van der Waals surface area contributed by atoms with E-state index in [0.717, 1.165) is 5.56 Å². The highest BCUT2D eigenvalue weighted by Gasteiger charge is 2.20. The van der Waals surface area contributed by atoms with Gasteiger partial charge in [-0.1, -0.05) is 23.4 Å². The summed E-state index contributed by atoms with van der Waals surface area (Å²) in [4.78, 5) is 15.7. The number of aromatic carboxylic acids is 1. The van der Waals surface area contributed by atoms with Crippen LogP contribution in [0.2, 0.25) is 0 Å². The lowest BCUT2D eigenvalue weighted by Crippen LogP contribution is -2.04. The van der Waals surface area contributed by atoms with Crippen molar-refractivity contribution in [2.24, 2.45) is 0 Å². The fourth-order valence-electron chi connectivity index (χ4n) is 2.97. The lowest BCUT2D eigenvalue weighted by molar-refractivity contribution is 0.0695. The number of carboxylic acids is 1. The molecular formula is C19H17FN2O3. The molecule has 6 heteroatoms. The minimum atomic E-state index is -1.01. The molecule has 0 saturated heterocycles. The molecule has 0 radical (unpaired) electrons. The Bertz CT molecular complexity index is 993. The van der Waals surface area contributed by atoms with Crippen LogP contribution in [0.15, 0.2) is 28.8 Å². The van der Waals surface area contributed by atoms with Crippen molar-refractivity contribution in [2.45, 2.75) is 27.7 Å². The third-order valence-electron chi connectivity index (χ3n) is 4.18. The number of aromatic nitrogens is 2. The number of nitrogens with zero attached hydrogens (tertiary/aromatic N) is 2. The second-order valence-electron chi connectivity index (χ2n) is 6.10. The van der Waals surface area contributed by atoms with Crippen LogP contribution in [0, 0.1) is 33.5 Å². The zero-order valence-electron chi connectivity index (χ0n) is 14.3. The molecule has 0 fully saturated rings. The average molecular weight is 340 g/mol. The van der Waals surface area contributed by atoms with E-state index in [4.69, 9.17) is 4.52 Å². The topological polar surface area (TPSA) is 76.2 Å². The van der Waals surface area contributed by atoms with Gasteiger partial charge in [0.2, 0.25) is 5.82 Å². The molecule has 128 valence electrons. The molecule has 0 bridgehead atoms. The highest BCUT2D eigenvalue weighted by molar-refractivity contribution is 5.93. The Hall–Kier alpha value is -3.02. The smallest absolute Gasteiger partial charge is 0.336 e. The van der Waals surface area contributed by atoms with Crippen LogP contribution in [0.1, 0.15) is 32.6 Å². The van der Waals surface area contributed by atoms with Crippen molar-refractivity contribution in [3.63, 3.8) is 0 Å². The summed E-state index contributed by atoms with van der Waals surface area (Å²) in [6.07, 6.45) is 0. The van der Waals surface area contributed by atoms with Crippen molar-refractivity contribution in [2.75, 3.05) is 0 Å². The fourth-order valence-corrected chi connectivity index (χ4v) is 2.97. The maximum atomic E-state index is 14.4. The predicted octanol–water partition coefficient (Wildman–Crippen LogP) is 4.47. The van der Waals surface area contributed by atoms with E-state index in [1.165, 1.54) is 0 Å². The zero-order valence-corrected chi connectivity index (χ0v) is 14.3. The van der Waals surface area contributed by atoms with Gasteiger partial charge in [-0.05, 0) is 56.0 Å². The number of rotatable bonds is 3. The van der Waals surface area contributed by atoms with Crippen LogP contribution < -0.4 is 0 Å². The van der Waals surface area contributed by atoms with Gasteiger partial charge in [-0.3, -0.25) is 0 Å². The minimum absolute atomic E-state index is 0.0659. The molecule has 1 heterocycles. The van der Waals surface area contributed by atoms with Gasteiger partial charge in [-0.15, -0.1) is 0 Å². The van der Waals surface area contributed by atoms with Crippen LogP contribution in [0.25, 0.3) is 22.8 Å². The summed E-state index contributed by atoms with van der Waals surface area (Å²) in [6, 6.07) is 6.81. The van der Waals surface area contributed by atoms with Crippen molar-refractivity contribution in [1.82, 2.24) is 10.1 Å². The number of carboxylic acid groups (broad SMARTS) is 1. The van der Waals surface area contributed by atoms with Crippen LogP contribution >= 0.6 is 0 Å². The Kier molecular flexibility index (Phi) is 4.12. The summed E-state index contributed by atoms with van der Waals surface area (Å²) in [5, 5.41) is 13.3. The van der Waals surface area contributed by atoms with Crippen molar-refractivity contribution in [3.8, 4) is 22.8 Å². The molecule has 3 aromatic rings. The van der Waals surface area contributed by atoms with E-state index in [9.17, 15) is 14.3 Å². The summed E-state index contributed by atoms with van der Waals surface area (Å²) >= 11 is 0. The summed E-state index contributed by atoms with van der Waals surface area (Å²) in [5.74, 6) is -1.13. The first-order valence-electron chi connectivity index (χ1n) is 7.74. The number of aryl methyl sites for hydroxylation is 3. The number of halogens is 1. The highest BCUT2D eigenvalue weighted by atomic mass is 19.1. The molecule has 0 amide bonds. The van der Waals surface area contributed by atoms with Gasteiger partial charge in [-0.2, -0.15) is 4.98 Å². The molecule has 0 aliphatic carbocycles. The van der Waals surface area contributed by atoms with Gasteiger partial charge in [0.1, 0.15) is 5.82 Å². The maximum Gasteiger partial charge on any atom is 0.336 e. The number of hydrogen-bond acceptors (Lipinski definition) is 4. The molecule has 3 rings (SSSR count). The Morgan fingerprint density at radius 2 is 1.80 bits per heavy atom. The van der Waals surface area contributed by atoms with Crippen LogP contribution in [0.3, 0.4) is 0 Å². The summed E-state index contributed by atoms with van der Waals surface area (Å²) in [5.41, 5.74) is 3.56. The molecule has 0 aliphatic heterocycles. The van der Waals surface area contributed by atoms with Crippen LogP contribution in [0.4, 0.5) is 4.39 Å². The van der Waals surface area contributed by atoms with E-state index < -0.39 is 11.8 Å². The molecule has 0 spiro atoms. The second-order valence-corrected chi connectivity index (χ2v) is 6.10. The van der Waals surface area contributed by atoms with E-state index in [2.05, 4.69) is 10.1 Å². The third kappa shape index (κ3) is 2.91. The van der Waals surface area contributed by atoms with Gasteiger partial charge in [0, 0.05) is 5.56 Å². The lowest BCUT2D eigenvalue weighted by atomic mass is 9.97. The van der Waals surface area contributed by atoms with Crippen LogP contribution in [0.5, 0.6) is 0 Å². The molecule has 0 unspecified atom stereocenters. The zero-order chi connectivity index (χ0) is 18.3. The van der Waals surface area contributed by atoms with E-state index >= 15 is 0 Å². The minimum Gasteiger partial charge on any atom is -0.478 e. The van der Waals surface area contributed by atoms with E-state index in [0.29, 0.717) is 22.3 Å². The Morgan fingerprint density at radius 3 is 2.48 bits per heavy atom. The standard InChI is InChI=1S/C19H17FN2O3/c1-9-7-11(3)16(20)14(8-9)18-21-17(22-25-18)13-6-5-10(2)15(12(13)4)19(23)24/h5-8H,1-4H3,(H,23,24). The lowest BCUT2D eigenvalue weighted by Gasteiger charge is -2.08. The maximum absolute atomic E-state index is 14.4. The van der Waals surface area contributed by atoms with E-state index in [-0.39, 0.29) is 22.8 Å². The number of carbonyl (C=O) groups is 1. The Balaban J connectivity index is 2.12. The van der Waals surface area contributed by atoms with Crippen molar-refractivity contribution in [1.29, 1.82) is 0 Å². The Morgan fingerprint density at radius 1 is 1.08 bits per heavy atom. The van der Waals surface area contributed by atoms with Gasteiger partial charge in [-0.25, -0.2) is 9.18 Å². The first kappa shape index (κ1) is 16.8. The van der Waals surface area contributed by atoms with Gasteiger partial charge < -0.3 is 9.63 Å². The van der Waals surface area contributed by atoms with E-state index in [1.54, 1.807) is 45.0 Å². The normalized spacial score (nSPS) is 10.9. The number of hydrogen-bond donors (Lipinski definition) is 1. The summed E-state index contributed by atoms with van der Waals surface area (Å²) in [7, 11) is 0. The largest absolute Gasteiger partial charge is 0.478 e. The quantitative estimate of drug-likeness (QED) is 0.761. The van der Waals surface area contributed by atoms with Crippen molar-refractivity contribution >= 4 is 5.97 Å². The first-order chi connectivity index (χ1) is 11.8. The SMILES string of the molecule is Cc1cc(C)c(F)c(-c2nc(-c3ccc(C)c(C(=O)O)c3C)no2)c1. The van der Waals surface area contributed by atoms with Gasteiger partial charge in [0.05, 0.1) is 11.1 Å². The molecule has 0 atom stereocenters. The van der Waals surface area contributed by atoms with Gasteiger partial charge in [0.15, 0.2) is 0 Å². The monoisotopic (exact) mass is 340 g/mol. The summed E-state index contributed by atoms with van der Waals surface area (Å²) in [6.45, 7) is 6.95. The van der Waals surface area contributed by atoms with E-state index in [1.807, 2.05) is 6.92 Å². The molecule has 0 aliphatic rings. The third-order valence-corrected chi connectivity index (χ3v) is 4.18.